The van der Waals surface area contributed by atoms with Crippen molar-refractivity contribution in [1.82, 2.24) is 0 Å². The van der Waals surface area contributed by atoms with Crippen LogP contribution in [-0.4, -0.2) is 0 Å². The highest BCUT2D eigenvalue weighted by Gasteiger charge is 2.41. The Morgan fingerprint density at radius 2 is 1.11 bits per heavy atom. The van der Waals surface area contributed by atoms with E-state index in [1.54, 1.807) is 0 Å². The molecule has 1 fully saturated rings. The fourth-order valence-electron chi connectivity index (χ4n) is 3.24. The van der Waals surface area contributed by atoms with E-state index in [0.29, 0.717) is 22.7 Å². The molecule has 4 atom stereocenters. The molecule has 0 radical (unpaired) electrons. The van der Waals surface area contributed by atoms with Gasteiger partial charge in [0.25, 0.3) is 0 Å². The lowest BCUT2D eigenvalue weighted by Gasteiger charge is -2.25. The van der Waals surface area contributed by atoms with Gasteiger partial charge in [-0.15, -0.1) is 0 Å². The van der Waals surface area contributed by atoms with E-state index < -0.39 is 0 Å². The molecule has 106 valence electrons. The first-order valence-electron chi connectivity index (χ1n) is 7.73. The van der Waals surface area contributed by atoms with E-state index in [1.165, 1.54) is 6.42 Å². The zero-order valence-electron chi connectivity index (χ0n) is 13.5. The summed E-state index contributed by atoms with van der Waals surface area (Å²) in [7, 11) is 0. The highest BCUT2D eigenvalue weighted by atomic mass is 14.5. The van der Waals surface area contributed by atoms with Gasteiger partial charge in [-0.1, -0.05) is 78.0 Å². The Kier molecular flexibility index (Phi) is 3.82. The molecule has 0 amide bonds. The first-order chi connectivity index (χ1) is 8.66. The minimum absolute atomic E-state index is 0.295. The summed E-state index contributed by atoms with van der Waals surface area (Å²) in [6.07, 6.45) is 16.1. The van der Waals surface area contributed by atoms with Gasteiger partial charge in [0.15, 0.2) is 0 Å². The predicted octanol–water partition coefficient (Wildman–Crippen LogP) is 5.63. The first-order valence-corrected chi connectivity index (χ1v) is 7.73. The number of allylic oxidation sites excluding steroid dienone is 6. The second kappa shape index (κ2) is 4.96. The maximum absolute atomic E-state index is 2.49. The van der Waals surface area contributed by atoms with Crippen LogP contribution >= 0.6 is 0 Å². The van der Waals surface area contributed by atoms with E-state index in [1.807, 2.05) is 0 Å². The Bertz CT molecular complexity index is 357. The largest absolute Gasteiger partial charge is 0.0845 e. The summed E-state index contributed by atoms with van der Waals surface area (Å²) in [5, 5.41) is 0. The van der Waals surface area contributed by atoms with Gasteiger partial charge < -0.3 is 0 Å². The summed E-state index contributed by atoms with van der Waals surface area (Å²) in [6.45, 7) is 13.7. The average molecular weight is 258 g/mol. The molecule has 0 aromatic heterocycles. The van der Waals surface area contributed by atoms with Gasteiger partial charge in [-0.25, -0.2) is 0 Å². The molecule has 2 rings (SSSR count). The van der Waals surface area contributed by atoms with Gasteiger partial charge in [0.05, 0.1) is 0 Å². The number of hydrogen-bond acceptors (Lipinski definition) is 0. The Labute approximate surface area is 119 Å². The molecule has 0 spiro atoms. The highest BCUT2D eigenvalue weighted by Crippen LogP contribution is 2.49. The van der Waals surface area contributed by atoms with Gasteiger partial charge in [0, 0.05) is 0 Å². The third kappa shape index (κ3) is 3.84. The van der Waals surface area contributed by atoms with Gasteiger partial charge in [-0.05, 0) is 40.9 Å². The lowest BCUT2D eigenvalue weighted by Crippen LogP contribution is -2.17. The third-order valence-corrected chi connectivity index (χ3v) is 4.22. The van der Waals surface area contributed by atoms with Crippen molar-refractivity contribution in [2.45, 2.75) is 48.0 Å². The number of fused-ring (bicyclic) bond motifs is 2. The molecular formula is C19H30. The number of rotatable bonds is 2. The van der Waals surface area contributed by atoms with Crippen molar-refractivity contribution in [2.24, 2.45) is 34.5 Å². The van der Waals surface area contributed by atoms with E-state index >= 15 is 0 Å². The van der Waals surface area contributed by atoms with Crippen molar-refractivity contribution in [3.63, 3.8) is 0 Å². The molecule has 1 saturated carbocycles. The van der Waals surface area contributed by atoms with Gasteiger partial charge in [-0.3, -0.25) is 0 Å². The van der Waals surface area contributed by atoms with E-state index in [-0.39, 0.29) is 0 Å². The maximum atomic E-state index is 2.49. The maximum Gasteiger partial charge on any atom is -0.0101 e. The molecule has 0 heteroatoms. The van der Waals surface area contributed by atoms with Gasteiger partial charge >= 0.3 is 0 Å². The molecule has 0 aromatic carbocycles. The minimum atomic E-state index is 0.295. The topological polar surface area (TPSA) is 0 Å². The van der Waals surface area contributed by atoms with Gasteiger partial charge in [0.1, 0.15) is 0 Å². The van der Waals surface area contributed by atoms with Crippen LogP contribution in [0.25, 0.3) is 0 Å². The van der Waals surface area contributed by atoms with E-state index in [4.69, 9.17) is 0 Å². The monoisotopic (exact) mass is 258 g/mol. The zero-order valence-corrected chi connectivity index (χ0v) is 13.5. The Morgan fingerprint density at radius 3 is 1.42 bits per heavy atom. The third-order valence-electron chi connectivity index (χ3n) is 4.22. The summed E-state index contributed by atoms with van der Waals surface area (Å²) in [5.41, 5.74) is 0.591. The molecule has 2 aliphatic rings. The Hall–Kier alpha value is -0.780. The van der Waals surface area contributed by atoms with Crippen LogP contribution in [-0.2, 0) is 0 Å². The van der Waals surface area contributed by atoms with E-state index in [0.717, 1.165) is 11.8 Å². The fraction of sp³-hybridized carbons (Fsp3) is 0.684. The molecule has 2 bridgehead atoms. The molecule has 0 unspecified atom stereocenters. The summed E-state index contributed by atoms with van der Waals surface area (Å²) < 4.78 is 0. The van der Waals surface area contributed by atoms with Crippen LogP contribution < -0.4 is 0 Å². The van der Waals surface area contributed by atoms with Crippen LogP contribution in [0.4, 0.5) is 0 Å². The van der Waals surface area contributed by atoms with Crippen LogP contribution in [0.5, 0.6) is 0 Å². The first kappa shape index (κ1) is 14.6. The second-order valence-electron chi connectivity index (χ2n) is 8.55. The van der Waals surface area contributed by atoms with E-state index in [9.17, 15) is 0 Å². The summed E-state index contributed by atoms with van der Waals surface area (Å²) in [6, 6.07) is 0. The predicted molar refractivity (Wildman–Crippen MR) is 84.9 cm³/mol. The van der Waals surface area contributed by atoms with Crippen LogP contribution in [0.15, 0.2) is 36.5 Å². The quantitative estimate of drug-likeness (QED) is 0.563. The molecule has 2 aliphatic carbocycles. The average Bonchev–Trinajstić information content (AvgIpc) is 2.81. The summed E-state index contributed by atoms with van der Waals surface area (Å²) >= 11 is 0. The van der Waals surface area contributed by atoms with Crippen LogP contribution in [0.2, 0.25) is 0 Å². The summed E-state index contributed by atoms with van der Waals surface area (Å²) in [4.78, 5) is 0. The van der Waals surface area contributed by atoms with Gasteiger partial charge in [-0.2, -0.15) is 0 Å². The molecule has 0 heterocycles. The van der Waals surface area contributed by atoms with Crippen molar-refractivity contribution in [2.75, 3.05) is 0 Å². The molecule has 19 heavy (non-hydrogen) atoms. The lowest BCUT2D eigenvalue weighted by molar-refractivity contribution is 0.431. The van der Waals surface area contributed by atoms with Gasteiger partial charge in [0.2, 0.25) is 0 Å². The fourth-order valence-corrected chi connectivity index (χ4v) is 3.24. The van der Waals surface area contributed by atoms with Crippen molar-refractivity contribution in [3.05, 3.63) is 36.5 Å². The zero-order chi connectivity index (χ0) is 14.3. The molecule has 0 N–H and O–H groups in total. The standard InChI is InChI=1S/C19H30/c1-18(2,3)11-9-16-14-7-8-15(13-14)17(16)10-12-19(4,5)6/h7-12,14-17H,13H2,1-6H3/b11-9+,12-10+/t14-,15+,16+,17-. The highest BCUT2D eigenvalue weighted by molar-refractivity contribution is 5.22. The molecule has 0 aliphatic heterocycles. The summed E-state index contributed by atoms with van der Waals surface area (Å²) in [5.74, 6) is 2.98. The smallest absolute Gasteiger partial charge is 0.0101 e. The molecular weight excluding hydrogens is 228 g/mol. The number of hydrogen-bond donors (Lipinski definition) is 0. The van der Waals surface area contributed by atoms with Crippen LogP contribution in [0, 0.1) is 34.5 Å². The Morgan fingerprint density at radius 1 is 0.737 bits per heavy atom. The van der Waals surface area contributed by atoms with Crippen molar-refractivity contribution >= 4 is 0 Å². The Balaban J connectivity index is 2.14. The minimum Gasteiger partial charge on any atom is -0.0845 e. The molecule has 0 saturated heterocycles. The van der Waals surface area contributed by atoms with Crippen molar-refractivity contribution < 1.29 is 0 Å². The van der Waals surface area contributed by atoms with Crippen molar-refractivity contribution in [3.8, 4) is 0 Å². The molecule has 0 nitrogen and oxygen atoms in total. The van der Waals surface area contributed by atoms with Crippen LogP contribution in [0.1, 0.15) is 48.0 Å². The molecule has 0 aromatic rings. The van der Waals surface area contributed by atoms with Crippen molar-refractivity contribution in [1.29, 1.82) is 0 Å². The second-order valence-corrected chi connectivity index (χ2v) is 8.55. The normalized spacial score (nSPS) is 35.1. The van der Waals surface area contributed by atoms with Crippen LogP contribution in [0.3, 0.4) is 0 Å². The SMILES string of the molecule is CC(C)(C)/C=C/[C@@H]1[C@H](/C=C/C(C)(C)C)[C@H]2C=C[C@@H]1C2. The van der Waals surface area contributed by atoms with E-state index in [2.05, 4.69) is 78.0 Å². The lowest BCUT2D eigenvalue weighted by atomic mass is 9.80.